The van der Waals surface area contributed by atoms with Gasteiger partial charge in [0.1, 0.15) is 0 Å². The number of unbranched alkanes of at least 4 members (excludes halogenated alkanes) is 1. The van der Waals surface area contributed by atoms with Gasteiger partial charge in [-0.25, -0.2) is 0 Å². The summed E-state index contributed by atoms with van der Waals surface area (Å²) in [5, 5.41) is 16.2. The summed E-state index contributed by atoms with van der Waals surface area (Å²) in [4.78, 5) is 0. The summed E-state index contributed by atoms with van der Waals surface area (Å²) in [5.41, 5.74) is 0. The Morgan fingerprint density at radius 2 is 1.33 bits per heavy atom. The Morgan fingerprint density at radius 1 is 1.00 bits per heavy atom. The normalized spacial score (nSPS) is 9.00. The van der Waals surface area contributed by atoms with Crippen LogP contribution in [0.2, 0.25) is 0 Å². The van der Waals surface area contributed by atoms with Gasteiger partial charge in [0.25, 0.3) is 0 Å². The highest BCUT2D eigenvalue weighted by Gasteiger charge is 1.77. The van der Waals surface area contributed by atoms with Crippen LogP contribution < -0.4 is 0 Å². The molecule has 0 amide bonds. The van der Waals surface area contributed by atoms with Crippen molar-refractivity contribution in [2.45, 2.75) is 12.8 Å². The maximum absolute atomic E-state index is 8.09. The van der Waals surface area contributed by atoms with Gasteiger partial charge in [0.2, 0.25) is 0 Å². The molecule has 0 fully saturated rings. The molecule has 0 heterocycles. The summed E-state index contributed by atoms with van der Waals surface area (Å²) in [5.74, 6) is 0. The van der Waals surface area contributed by atoms with Crippen LogP contribution >= 0.6 is 0 Å². The van der Waals surface area contributed by atoms with Gasteiger partial charge in [0, 0.05) is 13.2 Å². The summed E-state index contributed by atoms with van der Waals surface area (Å²) >= 11 is 0. The molecule has 0 aliphatic heterocycles. The molecule has 0 rings (SSSR count). The largest absolute Gasteiger partial charge is 1.00 e. The van der Waals surface area contributed by atoms with Gasteiger partial charge in [-0.1, -0.05) is 0 Å². The minimum atomic E-state index is 0. The molecular weight excluding hydrogens is 80.0 g/mol. The zero-order valence-electron chi connectivity index (χ0n) is 4.72. The molecule has 0 aliphatic carbocycles. The smallest absolute Gasteiger partial charge is 0.396 e. The van der Waals surface area contributed by atoms with Crippen LogP contribution in [0.5, 0.6) is 0 Å². The molecule has 0 aromatic heterocycles. The molecule has 0 aliphatic rings. The monoisotopic (exact) mass is 91.1 g/mol. The summed E-state index contributed by atoms with van der Waals surface area (Å²) in [6.45, 7) is 0.390. The zero-order valence-corrected chi connectivity index (χ0v) is 3.72. The molecule has 38 valence electrons. The lowest BCUT2D eigenvalue weighted by Gasteiger charge is -1.85. The highest BCUT2D eigenvalue weighted by molar-refractivity contribution is 4.30. The van der Waals surface area contributed by atoms with Crippen molar-refractivity contribution in [3.8, 4) is 0 Å². The fourth-order valence-electron chi connectivity index (χ4n) is 0.224. The molecule has 0 unspecified atom stereocenters. The van der Waals surface area contributed by atoms with Crippen molar-refractivity contribution in [2.24, 2.45) is 0 Å². The predicted octanol–water partition coefficient (Wildman–Crippen LogP) is -0.136. The van der Waals surface area contributed by atoms with E-state index in [4.69, 9.17) is 10.2 Å². The van der Waals surface area contributed by atoms with Gasteiger partial charge in [-0.3, -0.25) is 0 Å². The van der Waals surface area contributed by atoms with Gasteiger partial charge in [-0.2, -0.15) is 0 Å². The first-order valence-electron chi connectivity index (χ1n) is 2.13. The second kappa shape index (κ2) is 4.92. The number of aliphatic hydroxyl groups is 2. The summed E-state index contributed by atoms with van der Waals surface area (Å²) in [7, 11) is 0. The zero-order chi connectivity index (χ0) is 4.83. The predicted molar refractivity (Wildman–Crippen MR) is 24.5 cm³/mol. The topological polar surface area (TPSA) is 40.5 Å². The third kappa shape index (κ3) is 3.92. The van der Waals surface area contributed by atoms with Crippen LogP contribution in [-0.2, 0) is 0 Å². The van der Waals surface area contributed by atoms with E-state index in [0.29, 0.717) is 0 Å². The fraction of sp³-hybridized carbons (Fsp3) is 1.00. The lowest BCUT2D eigenvalue weighted by atomic mass is 10.3. The van der Waals surface area contributed by atoms with Crippen molar-refractivity contribution in [3.05, 3.63) is 0 Å². The molecule has 0 bridgehead atoms. The molecule has 0 saturated carbocycles. The first kappa shape index (κ1) is 5.92. The molecule has 6 heavy (non-hydrogen) atoms. The van der Waals surface area contributed by atoms with Crippen LogP contribution in [-0.4, -0.2) is 23.4 Å². The molecular formula is C4H11O2+. The van der Waals surface area contributed by atoms with Crippen LogP contribution in [0.1, 0.15) is 14.3 Å². The van der Waals surface area contributed by atoms with Crippen LogP contribution in [0.4, 0.5) is 0 Å². The van der Waals surface area contributed by atoms with E-state index in [1.54, 1.807) is 0 Å². The maximum Gasteiger partial charge on any atom is 1.00 e. The van der Waals surface area contributed by atoms with Crippen molar-refractivity contribution in [1.29, 1.82) is 0 Å². The standard InChI is InChI=1S/C4H10O2/c5-3-1-2-4-6/h5-6H,1-4H2/p+1. The Kier molecular flexibility index (Phi) is 4.85. The Bertz CT molecular complexity index is 21.7. The van der Waals surface area contributed by atoms with E-state index < -0.39 is 0 Å². The summed E-state index contributed by atoms with van der Waals surface area (Å²) in [6.07, 6.45) is 1.44. The van der Waals surface area contributed by atoms with Crippen LogP contribution in [0.3, 0.4) is 0 Å². The highest BCUT2D eigenvalue weighted by Crippen LogP contribution is 1.80. The van der Waals surface area contributed by atoms with Gasteiger partial charge in [0.05, 0.1) is 0 Å². The first-order valence-corrected chi connectivity index (χ1v) is 2.13. The molecule has 2 nitrogen and oxygen atoms in total. The van der Waals surface area contributed by atoms with Gasteiger partial charge in [-0.15, -0.1) is 0 Å². The van der Waals surface area contributed by atoms with E-state index in [2.05, 4.69) is 0 Å². The van der Waals surface area contributed by atoms with E-state index in [9.17, 15) is 0 Å². The van der Waals surface area contributed by atoms with Crippen molar-refractivity contribution >= 4 is 0 Å². The van der Waals surface area contributed by atoms with E-state index in [1.807, 2.05) is 0 Å². The average Bonchev–Trinajstić information content (AvgIpc) is 1.61. The van der Waals surface area contributed by atoms with Gasteiger partial charge in [-0.05, 0) is 12.8 Å². The van der Waals surface area contributed by atoms with Crippen molar-refractivity contribution in [2.75, 3.05) is 13.2 Å². The van der Waals surface area contributed by atoms with Gasteiger partial charge < -0.3 is 10.2 Å². The molecule has 2 N–H and O–H groups in total. The van der Waals surface area contributed by atoms with Crippen LogP contribution in [0.15, 0.2) is 0 Å². The van der Waals surface area contributed by atoms with Crippen molar-refractivity contribution < 1.29 is 11.6 Å². The number of hydrogen-bond acceptors (Lipinski definition) is 2. The highest BCUT2D eigenvalue weighted by atomic mass is 16.3. The number of aliphatic hydroxyl groups excluding tert-OH is 2. The Balaban J connectivity index is 0. The molecule has 0 aromatic carbocycles. The van der Waals surface area contributed by atoms with E-state index in [1.165, 1.54) is 0 Å². The van der Waals surface area contributed by atoms with Gasteiger partial charge >= 0.3 is 1.43 Å². The second-order valence-corrected chi connectivity index (χ2v) is 1.15. The van der Waals surface area contributed by atoms with Crippen LogP contribution in [0, 0.1) is 0 Å². The van der Waals surface area contributed by atoms with Crippen molar-refractivity contribution in [1.82, 2.24) is 0 Å². The maximum atomic E-state index is 8.09. The number of hydrogen-bond donors (Lipinski definition) is 2. The third-order valence-electron chi connectivity index (χ3n) is 0.566. The molecule has 0 atom stereocenters. The lowest BCUT2D eigenvalue weighted by Crippen LogP contribution is -1.85. The average molecular weight is 91.1 g/mol. The van der Waals surface area contributed by atoms with E-state index in [-0.39, 0.29) is 14.6 Å². The Hall–Kier alpha value is -0.0800. The molecule has 0 saturated heterocycles. The van der Waals surface area contributed by atoms with Crippen LogP contribution in [0.25, 0.3) is 0 Å². The SMILES string of the molecule is OCCCCO.[H+]. The summed E-state index contributed by atoms with van der Waals surface area (Å²) < 4.78 is 0. The Morgan fingerprint density at radius 3 is 1.50 bits per heavy atom. The molecule has 2 heteroatoms. The van der Waals surface area contributed by atoms with Gasteiger partial charge in [0.15, 0.2) is 0 Å². The third-order valence-corrected chi connectivity index (χ3v) is 0.566. The number of rotatable bonds is 3. The molecule has 0 radical (unpaired) electrons. The Labute approximate surface area is 38.9 Å². The minimum absolute atomic E-state index is 0. The fourth-order valence-corrected chi connectivity index (χ4v) is 0.224. The molecule has 0 aromatic rings. The second-order valence-electron chi connectivity index (χ2n) is 1.15. The van der Waals surface area contributed by atoms with Crippen molar-refractivity contribution in [3.63, 3.8) is 0 Å². The van der Waals surface area contributed by atoms with E-state index in [0.717, 1.165) is 12.8 Å². The summed E-state index contributed by atoms with van der Waals surface area (Å²) in [6, 6.07) is 0. The molecule has 0 spiro atoms. The van der Waals surface area contributed by atoms with E-state index >= 15 is 0 Å². The quantitative estimate of drug-likeness (QED) is 0.475. The first-order chi connectivity index (χ1) is 2.91. The lowest BCUT2D eigenvalue weighted by molar-refractivity contribution is 0.242. The minimum Gasteiger partial charge on any atom is -0.396 e.